The van der Waals surface area contributed by atoms with Crippen molar-refractivity contribution in [3.05, 3.63) is 40.0 Å². The van der Waals surface area contributed by atoms with Gasteiger partial charge in [-0.2, -0.15) is 4.98 Å². The number of benzene rings is 1. The monoisotopic (exact) mass is 249 g/mol. The molecule has 0 radical (unpaired) electrons. The molecule has 0 saturated carbocycles. The number of nitrogens with one attached hydrogen (secondary N) is 1. The third-order valence-corrected chi connectivity index (χ3v) is 2.25. The van der Waals surface area contributed by atoms with Crippen LogP contribution in [-0.4, -0.2) is 15.1 Å². The standard InChI is InChI=1S/C10H11N5O3/c1-6-13-10(14-18-6)5-12-9-3-2-7(15(16)17)4-8(9)11/h2-4,12H,5,11H2,1H3. The molecule has 1 heterocycles. The summed E-state index contributed by atoms with van der Waals surface area (Å²) in [4.78, 5) is 14.1. The fourth-order valence-corrected chi connectivity index (χ4v) is 1.41. The Morgan fingerprint density at radius 3 is 2.89 bits per heavy atom. The summed E-state index contributed by atoms with van der Waals surface area (Å²) in [7, 11) is 0. The minimum Gasteiger partial charge on any atom is -0.397 e. The van der Waals surface area contributed by atoms with Crippen LogP contribution in [0.4, 0.5) is 17.1 Å². The summed E-state index contributed by atoms with van der Waals surface area (Å²) < 4.78 is 4.81. The number of nitrogen functional groups attached to an aromatic ring is 1. The smallest absolute Gasteiger partial charge is 0.271 e. The maximum absolute atomic E-state index is 10.5. The van der Waals surface area contributed by atoms with E-state index < -0.39 is 4.92 Å². The van der Waals surface area contributed by atoms with Crippen molar-refractivity contribution >= 4 is 17.1 Å². The highest BCUT2D eigenvalue weighted by molar-refractivity contribution is 5.69. The van der Waals surface area contributed by atoms with Crippen LogP contribution in [0.2, 0.25) is 0 Å². The second-order valence-corrected chi connectivity index (χ2v) is 3.61. The Balaban J connectivity index is 2.08. The molecule has 0 aliphatic carbocycles. The summed E-state index contributed by atoms with van der Waals surface area (Å²) in [5, 5.41) is 17.2. The quantitative estimate of drug-likeness (QED) is 0.478. The third kappa shape index (κ3) is 2.54. The molecule has 0 aliphatic heterocycles. The second kappa shape index (κ2) is 4.70. The van der Waals surface area contributed by atoms with E-state index in [0.29, 0.717) is 29.6 Å². The van der Waals surface area contributed by atoms with Gasteiger partial charge < -0.3 is 15.6 Å². The van der Waals surface area contributed by atoms with Crippen LogP contribution in [0.5, 0.6) is 0 Å². The minimum atomic E-state index is -0.497. The largest absolute Gasteiger partial charge is 0.397 e. The van der Waals surface area contributed by atoms with E-state index in [0.717, 1.165) is 0 Å². The van der Waals surface area contributed by atoms with Crippen molar-refractivity contribution in [3.8, 4) is 0 Å². The molecule has 0 bridgehead atoms. The average molecular weight is 249 g/mol. The third-order valence-electron chi connectivity index (χ3n) is 2.25. The molecule has 0 amide bonds. The zero-order chi connectivity index (χ0) is 13.1. The highest BCUT2D eigenvalue weighted by Gasteiger charge is 2.09. The molecule has 0 saturated heterocycles. The molecule has 1 aromatic carbocycles. The van der Waals surface area contributed by atoms with Gasteiger partial charge in [-0.15, -0.1) is 0 Å². The molecule has 18 heavy (non-hydrogen) atoms. The molecule has 0 unspecified atom stereocenters. The predicted molar refractivity (Wildman–Crippen MR) is 63.9 cm³/mol. The second-order valence-electron chi connectivity index (χ2n) is 3.61. The van der Waals surface area contributed by atoms with E-state index in [1.807, 2.05) is 0 Å². The van der Waals surface area contributed by atoms with E-state index in [2.05, 4.69) is 15.5 Å². The number of nitrogens with zero attached hydrogens (tertiary/aromatic N) is 3. The summed E-state index contributed by atoms with van der Waals surface area (Å²) in [5.74, 6) is 0.966. The first-order chi connectivity index (χ1) is 8.56. The molecule has 8 nitrogen and oxygen atoms in total. The molecule has 0 atom stereocenters. The molecule has 94 valence electrons. The van der Waals surface area contributed by atoms with Crippen molar-refractivity contribution in [2.24, 2.45) is 0 Å². The van der Waals surface area contributed by atoms with Gasteiger partial charge in [0.25, 0.3) is 5.69 Å². The number of nitrogens with two attached hydrogens (primary N) is 1. The molecule has 8 heteroatoms. The zero-order valence-electron chi connectivity index (χ0n) is 9.58. The van der Waals surface area contributed by atoms with Gasteiger partial charge in [0.1, 0.15) is 0 Å². The van der Waals surface area contributed by atoms with E-state index >= 15 is 0 Å². The van der Waals surface area contributed by atoms with Gasteiger partial charge in [0.15, 0.2) is 5.82 Å². The molecule has 3 N–H and O–H groups in total. The zero-order valence-corrected chi connectivity index (χ0v) is 9.58. The van der Waals surface area contributed by atoms with Gasteiger partial charge in [-0.25, -0.2) is 0 Å². The first kappa shape index (κ1) is 11.8. The lowest BCUT2D eigenvalue weighted by Gasteiger charge is -2.06. The Hall–Kier alpha value is -2.64. The van der Waals surface area contributed by atoms with Gasteiger partial charge in [0.05, 0.1) is 22.8 Å². The van der Waals surface area contributed by atoms with Crippen molar-refractivity contribution < 1.29 is 9.45 Å². The maximum Gasteiger partial charge on any atom is 0.271 e. The van der Waals surface area contributed by atoms with E-state index in [1.54, 1.807) is 13.0 Å². The Morgan fingerprint density at radius 2 is 2.33 bits per heavy atom. The number of nitro groups is 1. The highest BCUT2D eigenvalue weighted by Crippen LogP contribution is 2.24. The fraction of sp³-hybridized carbons (Fsp3) is 0.200. The normalized spacial score (nSPS) is 10.3. The Labute approximate surface area is 102 Å². The lowest BCUT2D eigenvalue weighted by molar-refractivity contribution is -0.384. The van der Waals surface area contributed by atoms with E-state index in [4.69, 9.17) is 10.3 Å². The van der Waals surface area contributed by atoms with Crippen molar-refractivity contribution in [1.29, 1.82) is 0 Å². The van der Waals surface area contributed by atoms with Gasteiger partial charge >= 0.3 is 0 Å². The number of hydrogen-bond donors (Lipinski definition) is 2. The number of non-ortho nitro benzene ring substituents is 1. The highest BCUT2D eigenvalue weighted by atomic mass is 16.6. The van der Waals surface area contributed by atoms with Crippen LogP contribution in [0.1, 0.15) is 11.7 Å². The molecule has 0 fully saturated rings. The summed E-state index contributed by atoms with van der Waals surface area (Å²) in [6.45, 7) is 2.02. The van der Waals surface area contributed by atoms with Crippen LogP contribution >= 0.6 is 0 Å². The molecule has 2 aromatic rings. The van der Waals surface area contributed by atoms with Crippen LogP contribution in [0.25, 0.3) is 0 Å². The maximum atomic E-state index is 10.5. The molecular weight excluding hydrogens is 238 g/mol. The lowest BCUT2D eigenvalue weighted by Crippen LogP contribution is -2.04. The SMILES string of the molecule is Cc1nc(CNc2ccc([N+](=O)[O-])cc2N)no1. The number of rotatable bonds is 4. The molecule has 1 aromatic heterocycles. The molecular formula is C10H11N5O3. The van der Waals surface area contributed by atoms with Gasteiger partial charge in [-0.05, 0) is 6.07 Å². The Bertz CT molecular complexity index is 581. The fourth-order valence-electron chi connectivity index (χ4n) is 1.41. The van der Waals surface area contributed by atoms with Crippen molar-refractivity contribution in [1.82, 2.24) is 10.1 Å². The predicted octanol–water partition coefficient (Wildman–Crippen LogP) is 1.48. The van der Waals surface area contributed by atoms with Gasteiger partial charge in [-0.1, -0.05) is 5.16 Å². The van der Waals surface area contributed by atoms with E-state index in [1.165, 1.54) is 12.1 Å². The number of hydrogen-bond acceptors (Lipinski definition) is 7. The van der Waals surface area contributed by atoms with Crippen LogP contribution in [0.3, 0.4) is 0 Å². The van der Waals surface area contributed by atoms with Crippen LogP contribution in [0, 0.1) is 17.0 Å². The van der Waals surface area contributed by atoms with Gasteiger partial charge in [0, 0.05) is 19.1 Å². The van der Waals surface area contributed by atoms with Crippen LogP contribution in [-0.2, 0) is 6.54 Å². The Kier molecular flexibility index (Phi) is 3.09. The summed E-state index contributed by atoms with van der Waals surface area (Å²) >= 11 is 0. The molecule has 2 rings (SSSR count). The van der Waals surface area contributed by atoms with Crippen molar-refractivity contribution in [3.63, 3.8) is 0 Å². The van der Waals surface area contributed by atoms with Crippen molar-refractivity contribution in [2.45, 2.75) is 13.5 Å². The number of anilines is 2. The summed E-state index contributed by atoms with van der Waals surface area (Å²) in [5.41, 5.74) is 6.53. The average Bonchev–Trinajstić information content (AvgIpc) is 2.73. The number of aryl methyl sites for hydroxylation is 1. The van der Waals surface area contributed by atoms with E-state index in [9.17, 15) is 10.1 Å². The van der Waals surface area contributed by atoms with Crippen LogP contribution in [0.15, 0.2) is 22.7 Å². The summed E-state index contributed by atoms with van der Waals surface area (Å²) in [6, 6.07) is 4.21. The molecule has 0 spiro atoms. The van der Waals surface area contributed by atoms with E-state index in [-0.39, 0.29) is 5.69 Å². The topological polar surface area (TPSA) is 120 Å². The van der Waals surface area contributed by atoms with Crippen molar-refractivity contribution in [2.75, 3.05) is 11.1 Å². The van der Waals surface area contributed by atoms with Gasteiger partial charge in [-0.3, -0.25) is 10.1 Å². The Morgan fingerprint density at radius 1 is 1.56 bits per heavy atom. The van der Waals surface area contributed by atoms with Crippen LogP contribution < -0.4 is 11.1 Å². The minimum absolute atomic E-state index is 0.0477. The number of nitro benzene ring substituents is 1. The van der Waals surface area contributed by atoms with Gasteiger partial charge in [0.2, 0.25) is 5.89 Å². The number of aromatic nitrogens is 2. The lowest BCUT2D eigenvalue weighted by atomic mass is 10.2. The summed E-state index contributed by atoms with van der Waals surface area (Å²) in [6.07, 6.45) is 0. The first-order valence-electron chi connectivity index (χ1n) is 5.13. The first-order valence-corrected chi connectivity index (χ1v) is 5.13. The molecule has 0 aliphatic rings.